The van der Waals surface area contributed by atoms with Crippen molar-refractivity contribution in [1.82, 2.24) is 9.80 Å². The van der Waals surface area contributed by atoms with Crippen molar-refractivity contribution in [3.8, 4) is 5.75 Å². The number of amides is 4. The molecule has 0 unspecified atom stereocenters. The molecule has 4 atom stereocenters. The van der Waals surface area contributed by atoms with Crippen LogP contribution in [-0.2, 0) is 16.0 Å². The van der Waals surface area contributed by atoms with Crippen molar-refractivity contribution < 1.29 is 29.0 Å². The number of rotatable bonds is 8. The van der Waals surface area contributed by atoms with Gasteiger partial charge in [0.05, 0.1) is 36.8 Å². The molecule has 47 heavy (non-hydrogen) atoms. The average Bonchev–Trinajstić information content (AvgIpc) is 3.06. The zero-order valence-electron chi connectivity index (χ0n) is 27.9. The number of ether oxygens (including phenoxy) is 2. The molecule has 4 amide bonds. The third-order valence-electron chi connectivity index (χ3n) is 8.37. The number of nitrogens with one attached hydrogen (secondary N) is 2. The summed E-state index contributed by atoms with van der Waals surface area (Å²) in [4.78, 5) is 43.5. The molecule has 3 aromatic rings. The molecule has 1 heterocycles. The number of carbonyl (C=O) groups is 3. The standard InChI is InChI=1S/C37H48N4O6/c1-26-23-41(27(2)25-42)36(44)32-22-31(38-35(43)21-29-14-7-5-8-15-29)18-19-33(32)47-28(3)13-11-12-20-46-34(26)24-40(4)37(45)39-30-16-9-6-10-17-30/h5-10,14-19,22,26-28,34,42H,11-13,20-21,23-25H2,1-4H3,(H,38,43)(H,39,45)/t26-,27+,28-,34-/m1/s1. The highest BCUT2D eigenvalue weighted by atomic mass is 16.5. The molecular weight excluding hydrogens is 596 g/mol. The van der Waals surface area contributed by atoms with Crippen molar-refractivity contribution in [2.24, 2.45) is 5.92 Å². The highest BCUT2D eigenvalue weighted by Gasteiger charge is 2.31. The maximum absolute atomic E-state index is 14.3. The lowest BCUT2D eigenvalue weighted by atomic mass is 10.0. The smallest absolute Gasteiger partial charge is 0.321 e. The van der Waals surface area contributed by atoms with Crippen LogP contribution in [-0.4, -0.2) is 84.4 Å². The molecular formula is C37H48N4O6. The summed E-state index contributed by atoms with van der Waals surface area (Å²) in [5.74, 6) is -0.299. The first kappa shape index (κ1) is 35.4. The molecule has 0 aliphatic carbocycles. The molecule has 0 saturated heterocycles. The van der Waals surface area contributed by atoms with Crippen molar-refractivity contribution in [3.05, 3.63) is 90.0 Å². The number of aliphatic hydroxyl groups is 1. The fourth-order valence-electron chi connectivity index (χ4n) is 5.54. The number of hydrogen-bond acceptors (Lipinski definition) is 6. The number of urea groups is 1. The van der Waals surface area contributed by atoms with Crippen LogP contribution in [0.5, 0.6) is 5.75 Å². The lowest BCUT2D eigenvalue weighted by Crippen LogP contribution is -2.48. The van der Waals surface area contributed by atoms with E-state index >= 15 is 0 Å². The Kier molecular flexibility index (Phi) is 13.2. The third kappa shape index (κ3) is 10.6. The van der Waals surface area contributed by atoms with Crippen LogP contribution in [0.3, 0.4) is 0 Å². The summed E-state index contributed by atoms with van der Waals surface area (Å²) in [6.07, 6.45) is 2.08. The van der Waals surface area contributed by atoms with Crippen molar-refractivity contribution >= 4 is 29.2 Å². The van der Waals surface area contributed by atoms with Gasteiger partial charge in [-0.05, 0) is 69.0 Å². The molecule has 3 N–H and O–H groups in total. The van der Waals surface area contributed by atoms with Gasteiger partial charge in [-0.25, -0.2) is 4.79 Å². The highest BCUT2D eigenvalue weighted by molar-refractivity contribution is 6.00. The maximum Gasteiger partial charge on any atom is 0.321 e. The number of benzene rings is 3. The molecule has 0 aromatic heterocycles. The van der Waals surface area contributed by atoms with Crippen LogP contribution in [0, 0.1) is 5.92 Å². The van der Waals surface area contributed by atoms with Gasteiger partial charge in [0, 0.05) is 44.0 Å². The normalized spacial score (nSPS) is 19.8. The molecule has 4 rings (SSSR count). The van der Waals surface area contributed by atoms with E-state index in [9.17, 15) is 19.5 Å². The summed E-state index contributed by atoms with van der Waals surface area (Å²) in [5.41, 5.74) is 2.36. The lowest BCUT2D eigenvalue weighted by Gasteiger charge is -2.35. The molecule has 3 aromatic carbocycles. The van der Waals surface area contributed by atoms with Gasteiger partial charge in [-0.3, -0.25) is 9.59 Å². The summed E-state index contributed by atoms with van der Waals surface area (Å²) in [5, 5.41) is 16.0. The molecule has 0 radical (unpaired) electrons. The average molecular weight is 645 g/mol. The Morgan fingerprint density at radius 1 is 0.979 bits per heavy atom. The maximum atomic E-state index is 14.3. The Hall–Kier alpha value is -4.41. The first-order valence-corrected chi connectivity index (χ1v) is 16.4. The Labute approximate surface area is 278 Å². The highest BCUT2D eigenvalue weighted by Crippen LogP contribution is 2.28. The van der Waals surface area contributed by atoms with Crippen molar-refractivity contribution in [2.45, 2.75) is 64.7 Å². The number of anilines is 2. The van der Waals surface area contributed by atoms with E-state index in [1.54, 1.807) is 42.0 Å². The van der Waals surface area contributed by atoms with E-state index in [0.717, 1.165) is 24.8 Å². The van der Waals surface area contributed by atoms with Gasteiger partial charge in [-0.15, -0.1) is 0 Å². The number of para-hydroxylation sites is 1. The molecule has 1 aliphatic rings. The van der Waals surface area contributed by atoms with E-state index in [-0.39, 0.29) is 55.5 Å². The zero-order chi connectivity index (χ0) is 33.8. The van der Waals surface area contributed by atoms with E-state index in [4.69, 9.17) is 9.47 Å². The van der Waals surface area contributed by atoms with Crippen LogP contribution >= 0.6 is 0 Å². The van der Waals surface area contributed by atoms with Gasteiger partial charge in [0.15, 0.2) is 0 Å². The van der Waals surface area contributed by atoms with Gasteiger partial charge in [-0.2, -0.15) is 0 Å². The van der Waals surface area contributed by atoms with Gasteiger partial charge in [0.1, 0.15) is 5.75 Å². The van der Waals surface area contributed by atoms with Gasteiger partial charge < -0.3 is 35.0 Å². The Morgan fingerprint density at radius 3 is 2.38 bits per heavy atom. The second-order valence-corrected chi connectivity index (χ2v) is 12.4. The third-order valence-corrected chi connectivity index (χ3v) is 8.37. The van der Waals surface area contributed by atoms with Crippen LogP contribution in [0.1, 0.15) is 56.0 Å². The van der Waals surface area contributed by atoms with Crippen LogP contribution < -0.4 is 15.4 Å². The van der Waals surface area contributed by atoms with E-state index in [1.165, 1.54) is 0 Å². The molecule has 10 heteroatoms. The predicted molar refractivity (Wildman–Crippen MR) is 184 cm³/mol. The van der Waals surface area contributed by atoms with Gasteiger partial charge in [0.2, 0.25) is 5.91 Å². The quantitative estimate of drug-likeness (QED) is 0.284. The van der Waals surface area contributed by atoms with Crippen LogP contribution in [0.15, 0.2) is 78.9 Å². The molecule has 0 fully saturated rings. The van der Waals surface area contributed by atoms with Gasteiger partial charge in [0.25, 0.3) is 5.91 Å². The second kappa shape index (κ2) is 17.5. The zero-order valence-corrected chi connectivity index (χ0v) is 27.9. The Balaban J connectivity index is 1.58. The van der Waals surface area contributed by atoms with Crippen LogP contribution in [0.4, 0.5) is 16.2 Å². The van der Waals surface area contributed by atoms with Gasteiger partial charge in [-0.1, -0.05) is 55.5 Å². The van der Waals surface area contributed by atoms with Crippen LogP contribution in [0.25, 0.3) is 0 Å². The minimum atomic E-state index is -0.515. The molecule has 10 nitrogen and oxygen atoms in total. The fourth-order valence-corrected chi connectivity index (χ4v) is 5.54. The van der Waals surface area contributed by atoms with Crippen molar-refractivity contribution in [2.75, 3.05) is 44.0 Å². The minimum Gasteiger partial charge on any atom is -0.490 e. The van der Waals surface area contributed by atoms with E-state index < -0.39 is 6.04 Å². The van der Waals surface area contributed by atoms with E-state index in [0.29, 0.717) is 35.8 Å². The minimum absolute atomic E-state index is 0.172. The Morgan fingerprint density at radius 2 is 1.68 bits per heavy atom. The summed E-state index contributed by atoms with van der Waals surface area (Å²) in [6.45, 7) is 6.57. The predicted octanol–water partition coefficient (Wildman–Crippen LogP) is 5.83. The van der Waals surface area contributed by atoms with Crippen LogP contribution in [0.2, 0.25) is 0 Å². The topological polar surface area (TPSA) is 120 Å². The SMILES string of the molecule is C[C@@H]1CCCCO[C@H](CN(C)C(=O)Nc2ccccc2)[C@H](C)CN([C@@H](C)CO)C(=O)c2cc(NC(=O)Cc3ccccc3)ccc2O1. The molecule has 0 saturated carbocycles. The van der Waals surface area contributed by atoms with Gasteiger partial charge >= 0.3 is 6.03 Å². The summed E-state index contributed by atoms with van der Waals surface area (Å²) in [7, 11) is 1.72. The number of fused-ring (bicyclic) bond motifs is 1. The first-order valence-electron chi connectivity index (χ1n) is 16.4. The summed E-state index contributed by atoms with van der Waals surface area (Å²) in [6, 6.07) is 23.1. The summed E-state index contributed by atoms with van der Waals surface area (Å²) >= 11 is 0. The molecule has 252 valence electrons. The summed E-state index contributed by atoms with van der Waals surface area (Å²) < 4.78 is 12.7. The monoisotopic (exact) mass is 644 g/mol. The van der Waals surface area contributed by atoms with Crippen molar-refractivity contribution in [3.63, 3.8) is 0 Å². The molecule has 0 spiro atoms. The second-order valence-electron chi connectivity index (χ2n) is 12.4. The van der Waals surface area contributed by atoms with Crippen molar-refractivity contribution in [1.29, 1.82) is 0 Å². The van der Waals surface area contributed by atoms with E-state index in [1.807, 2.05) is 74.5 Å². The number of carbonyl (C=O) groups excluding carboxylic acids is 3. The molecule has 1 aliphatic heterocycles. The lowest BCUT2D eigenvalue weighted by molar-refractivity contribution is -0.115. The number of aliphatic hydroxyl groups excluding tert-OH is 1. The number of nitrogens with zero attached hydrogens (tertiary/aromatic N) is 2. The number of likely N-dealkylation sites (N-methyl/N-ethyl adjacent to an activating group) is 1. The largest absolute Gasteiger partial charge is 0.490 e. The fraction of sp³-hybridized carbons (Fsp3) is 0.432. The first-order chi connectivity index (χ1) is 22.6. The Bertz CT molecular complexity index is 1450. The molecule has 0 bridgehead atoms. The number of hydrogen-bond donors (Lipinski definition) is 3. The van der Waals surface area contributed by atoms with E-state index in [2.05, 4.69) is 10.6 Å².